The van der Waals surface area contributed by atoms with E-state index in [1.54, 1.807) is 7.11 Å². The van der Waals surface area contributed by atoms with Crippen molar-refractivity contribution in [2.75, 3.05) is 32.1 Å². The van der Waals surface area contributed by atoms with Crippen molar-refractivity contribution < 1.29 is 17.9 Å². The zero-order valence-corrected chi connectivity index (χ0v) is 20.3. The van der Waals surface area contributed by atoms with Gasteiger partial charge in [-0.25, -0.2) is 8.42 Å². The van der Waals surface area contributed by atoms with Crippen molar-refractivity contribution in [3.63, 3.8) is 0 Å². The van der Waals surface area contributed by atoms with Gasteiger partial charge in [0.25, 0.3) is 0 Å². The lowest BCUT2D eigenvalue weighted by atomic mass is 9.96. The SMILES string of the molecule is COc1ccccc1OCCNCC(C1CCc2ccccc2N1)S(=O)(=O)Cc1ccccc1. The summed E-state index contributed by atoms with van der Waals surface area (Å²) < 4.78 is 38.3. The van der Waals surface area contributed by atoms with Gasteiger partial charge in [0, 0.05) is 24.8 Å². The van der Waals surface area contributed by atoms with Gasteiger partial charge in [0.1, 0.15) is 6.61 Å². The number of hydrogen-bond donors (Lipinski definition) is 2. The number of para-hydroxylation sites is 3. The first-order valence-electron chi connectivity index (χ1n) is 11.6. The van der Waals surface area contributed by atoms with Crippen LogP contribution in [0.1, 0.15) is 17.5 Å². The van der Waals surface area contributed by atoms with E-state index in [0.29, 0.717) is 31.2 Å². The van der Waals surface area contributed by atoms with Crippen molar-refractivity contribution in [2.24, 2.45) is 0 Å². The molecule has 0 spiro atoms. The molecule has 0 amide bonds. The molecule has 0 saturated carbocycles. The molecule has 34 heavy (non-hydrogen) atoms. The Labute approximate surface area is 202 Å². The van der Waals surface area contributed by atoms with Crippen LogP contribution in [-0.4, -0.2) is 46.5 Å². The highest BCUT2D eigenvalue weighted by Crippen LogP contribution is 2.29. The zero-order valence-electron chi connectivity index (χ0n) is 19.4. The summed E-state index contributed by atoms with van der Waals surface area (Å²) in [5.74, 6) is 1.37. The predicted molar refractivity (Wildman–Crippen MR) is 136 cm³/mol. The third kappa shape index (κ3) is 6.10. The van der Waals surface area contributed by atoms with Crippen LogP contribution in [-0.2, 0) is 22.0 Å². The number of aryl methyl sites for hydroxylation is 1. The number of rotatable bonds is 11. The van der Waals surface area contributed by atoms with Gasteiger partial charge in [0.15, 0.2) is 21.3 Å². The number of anilines is 1. The third-order valence-electron chi connectivity index (χ3n) is 6.15. The molecular formula is C27H32N2O4S. The summed E-state index contributed by atoms with van der Waals surface area (Å²) >= 11 is 0. The first-order valence-corrected chi connectivity index (χ1v) is 13.3. The van der Waals surface area contributed by atoms with Crippen LogP contribution in [0.3, 0.4) is 0 Å². The lowest BCUT2D eigenvalue weighted by molar-refractivity contribution is 0.291. The molecule has 0 aliphatic carbocycles. The Balaban J connectivity index is 1.42. The van der Waals surface area contributed by atoms with Crippen LogP contribution in [0.25, 0.3) is 0 Å². The van der Waals surface area contributed by atoms with E-state index in [-0.39, 0.29) is 11.8 Å². The Kier molecular flexibility index (Phi) is 8.08. The minimum Gasteiger partial charge on any atom is -0.493 e. The van der Waals surface area contributed by atoms with E-state index < -0.39 is 15.1 Å². The maximum atomic E-state index is 13.6. The normalized spacial score (nSPS) is 16.2. The molecule has 0 bridgehead atoms. The quantitative estimate of drug-likeness (QED) is 0.403. The van der Waals surface area contributed by atoms with Crippen LogP contribution in [0.15, 0.2) is 78.9 Å². The Morgan fingerprint density at radius 1 is 0.971 bits per heavy atom. The molecule has 0 radical (unpaired) electrons. The molecule has 3 aromatic carbocycles. The highest BCUT2D eigenvalue weighted by atomic mass is 32.2. The summed E-state index contributed by atoms with van der Waals surface area (Å²) in [5, 5.41) is 6.26. The Morgan fingerprint density at radius 3 is 2.47 bits per heavy atom. The van der Waals surface area contributed by atoms with Gasteiger partial charge in [-0.05, 0) is 42.2 Å². The van der Waals surface area contributed by atoms with Gasteiger partial charge in [-0.3, -0.25) is 0 Å². The minimum absolute atomic E-state index is 0.0255. The van der Waals surface area contributed by atoms with E-state index in [2.05, 4.69) is 16.7 Å². The second-order valence-corrected chi connectivity index (χ2v) is 10.7. The number of methoxy groups -OCH3 is 1. The fourth-order valence-electron chi connectivity index (χ4n) is 4.39. The minimum atomic E-state index is -3.41. The Bertz CT molecular complexity index is 1170. The van der Waals surface area contributed by atoms with Crippen molar-refractivity contribution in [2.45, 2.75) is 29.9 Å². The number of benzene rings is 3. The zero-order chi connectivity index (χ0) is 23.8. The van der Waals surface area contributed by atoms with Gasteiger partial charge in [-0.15, -0.1) is 0 Å². The summed E-state index contributed by atoms with van der Waals surface area (Å²) in [6.45, 7) is 1.29. The van der Waals surface area contributed by atoms with E-state index in [0.717, 1.165) is 24.1 Å². The molecule has 1 aliphatic rings. The van der Waals surface area contributed by atoms with E-state index in [4.69, 9.17) is 9.47 Å². The topological polar surface area (TPSA) is 76.7 Å². The van der Waals surface area contributed by atoms with Crippen LogP contribution in [0.2, 0.25) is 0 Å². The molecule has 4 rings (SSSR count). The van der Waals surface area contributed by atoms with Crippen LogP contribution in [0.5, 0.6) is 11.5 Å². The smallest absolute Gasteiger partial charge is 0.161 e. The molecule has 3 aromatic rings. The van der Waals surface area contributed by atoms with E-state index >= 15 is 0 Å². The second kappa shape index (κ2) is 11.4. The number of hydrogen-bond acceptors (Lipinski definition) is 6. The maximum Gasteiger partial charge on any atom is 0.161 e. The molecular weight excluding hydrogens is 448 g/mol. The fraction of sp³-hybridized carbons (Fsp3) is 0.333. The average Bonchev–Trinajstić information content (AvgIpc) is 2.86. The molecule has 7 heteroatoms. The maximum absolute atomic E-state index is 13.6. The number of nitrogens with one attached hydrogen (secondary N) is 2. The van der Waals surface area contributed by atoms with Crippen molar-refractivity contribution in [1.82, 2.24) is 5.32 Å². The lowest BCUT2D eigenvalue weighted by Gasteiger charge is -2.33. The highest BCUT2D eigenvalue weighted by Gasteiger charge is 2.35. The van der Waals surface area contributed by atoms with Crippen molar-refractivity contribution in [1.29, 1.82) is 0 Å². The summed E-state index contributed by atoms with van der Waals surface area (Å²) in [6, 6.07) is 24.8. The van der Waals surface area contributed by atoms with Crippen molar-refractivity contribution in [3.05, 3.63) is 90.0 Å². The molecule has 0 fully saturated rings. The Hall–Kier alpha value is -3.03. The van der Waals surface area contributed by atoms with Crippen molar-refractivity contribution in [3.8, 4) is 11.5 Å². The van der Waals surface area contributed by atoms with Gasteiger partial charge in [0.05, 0.1) is 18.1 Å². The summed E-state index contributed by atoms with van der Waals surface area (Å²) in [6.07, 6.45) is 1.64. The Morgan fingerprint density at radius 2 is 1.68 bits per heavy atom. The first-order chi connectivity index (χ1) is 16.6. The van der Waals surface area contributed by atoms with Gasteiger partial charge in [0.2, 0.25) is 0 Å². The van der Waals surface area contributed by atoms with Crippen molar-refractivity contribution >= 4 is 15.5 Å². The number of fused-ring (bicyclic) bond motifs is 1. The molecule has 1 heterocycles. The van der Waals surface area contributed by atoms with Gasteiger partial charge < -0.3 is 20.1 Å². The standard InChI is InChI=1S/C27H32N2O4S/c1-32-25-13-7-8-14-26(25)33-18-17-28-19-27(34(30,31)20-21-9-3-2-4-10-21)24-16-15-22-11-5-6-12-23(22)29-24/h2-14,24,27-29H,15-20H2,1H3. The average molecular weight is 481 g/mol. The molecule has 0 aromatic heterocycles. The first kappa shape index (κ1) is 24.1. The summed E-state index contributed by atoms with van der Waals surface area (Å²) in [4.78, 5) is 0. The highest BCUT2D eigenvalue weighted by molar-refractivity contribution is 7.91. The fourth-order valence-corrected chi connectivity index (χ4v) is 6.34. The van der Waals surface area contributed by atoms with E-state index in [1.165, 1.54) is 5.56 Å². The lowest BCUT2D eigenvalue weighted by Crippen LogP contribution is -2.48. The van der Waals surface area contributed by atoms with Gasteiger partial charge in [-0.2, -0.15) is 0 Å². The molecule has 1 aliphatic heterocycles. The van der Waals surface area contributed by atoms with Gasteiger partial charge in [-0.1, -0.05) is 60.7 Å². The van der Waals surface area contributed by atoms with Crippen LogP contribution >= 0.6 is 0 Å². The number of ether oxygens (including phenoxy) is 2. The van der Waals surface area contributed by atoms with Crippen LogP contribution in [0, 0.1) is 0 Å². The number of sulfone groups is 1. The van der Waals surface area contributed by atoms with Gasteiger partial charge >= 0.3 is 0 Å². The van der Waals surface area contributed by atoms with E-state index in [9.17, 15) is 8.42 Å². The van der Waals surface area contributed by atoms with Crippen LogP contribution < -0.4 is 20.1 Å². The largest absolute Gasteiger partial charge is 0.493 e. The molecule has 2 N–H and O–H groups in total. The van der Waals surface area contributed by atoms with E-state index in [1.807, 2.05) is 72.8 Å². The molecule has 0 saturated heterocycles. The monoisotopic (exact) mass is 480 g/mol. The van der Waals surface area contributed by atoms with Crippen LogP contribution in [0.4, 0.5) is 5.69 Å². The molecule has 2 unspecified atom stereocenters. The third-order valence-corrected chi connectivity index (χ3v) is 8.31. The summed E-state index contributed by atoms with van der Waals surface area (Å²) in [5.41, 5.74) is 3.07. The molecule has 6 nitrogen and oxygen atoms in total. The predicted octanol–water partition coefficient (Wildman–Crippen LogP) is 4.07. The molecule has 180 valence electrons. The summed E-state index contributed by atoms with van der Waals surface area (Å²) in [7, 11) is -1.80. The molecule has 2 atom stereocenters. The second-order valence-electron chi connectivity index (χ2n) is 8.48.